The molecular weight excluding hydrogens is 773 g/mol. The lowest BCUT2D eigenvalue weighted by atomic mass is 9.49. The second-order valence-electron chi connectivity index (χ2n) is 20.4. The number of hydrogen-bond donors (Lipinski definition) is 0. The highest BCUT2D eigenvalue weighted by molar-refractivity contribution is 6.25. The highest BCUT2D eigenvalue weighted by Gasteiger charge is 2.58. The van der Waals surface area contributed by atoms with Crippen LogP contribution in [-0.4, -0.2) is 0 Å². The van der Waals surface area contributed by atoms with Crippen LogP contribution in [0, 0.1) is 10.8 Å². The van der Waals surface area contributed by atoms with Gasteiger partial charge in [0.05, 0.1) is 0 Å². The Morgan fingerprint density at radius 3 is 1.41 bits per heavy atom. The molecule has 0 saturated heterocycles. The predicted octanol–water partition coefficient (Wildman–Crippen LogP) is 18.2. The minimum absolute atomic E-state index is 0.108. The average Bonchev–Trinajstić information content (AvgIpc) is 3.84. The summed E-state index contributed by atoms with van der Waals surface area (Å²) in [6.45, 7) is 14.8. The van der Waals surface area contributed by atoms with Gasteiger partial charge in [-0.15, -0.1) is 0 Å². The monoisotopic (exact) mass is 820 g/mol. The molecule has 13 rings (SSSR count). The predicted molar refractivity (Wildman–Crippen MR) is 275 cm³/mol. The molecule has 0 N–H and O–H groups in total. The topological polar surface area (TPSA) is 13.1 Å². The average molecular weight is 821 g/mol. The maximum absolute atomic E-state index is 6.59. The number of fused-ring (bicyclic) bond motifs is 16. The summed E-state index contributed by atoms with van der Waals surface area (Å²) in [7, 11) is 0. The van der Waals surface area contributed by atoms with Crippen LogP contribution >= 0.6 is 0 Å². The van der Waals surface area contributed by atoms with Crippen LogP contribution in [0.2, 0.25) is 0 Å². The van der Waals surface area contributed by atoms with Crippen LogP contribution in [0.1, 0.15) is 52.7 Å². The molecule has 11 aromatic carbocycles. The molecule has 0 spiro atoms. The first-order valence-electron chi connectivity index (χ1n) is 22.8. The van der Waals surface area contributed by atoms with Crippen LogP contribution in [0.5, 0.6) is 0 Å². The van der Waals surface area contributed by atoms with Crippen molar-refractivity contribution in [1.82, 2.24) is 0 Å². The van der Waals surface area contributed by atoms with Gasteiger partial charge in [-0.05, 0) is 151 Å². The number of benzene rings is 11. The standard InChI is InChI=1S/C63H48O/c1-61(2,3)63(62(4,5)6)54-36-39-19-8-7-18-38(39)33-53(54)58-44-22-12-11-21-43(44)51-34-40(28-30-49(51)59(58)63)56-45-23-13-15-25-47(45)57(48-26-16-14-24-46(48)56)41-29-32-55-52(35-41)50-31-27-37-17-9-10-20-42(37)60(50)64-55/h7-36H,1-6H3. The Morgan fingerprint density at radius 2 is 0.812 bits per heavy atom. The van der Waals surface area contributed by atoms with Crippen molar-refractivity contribution in [2.75, 3.05) is 0 Å². The van der Waals surface area contributed by atoms with Crippen molar-refractivity contribution in [2.45, 2.75) is 47.0 Å². The SMILES string of the molecule is CC(C)(C)C1(C(C)(C)C)c2cc3ccccc3cc2-c2c1c1ccc(-c3c4ccccc4c(-c4ccc5oc6c7ccccc7ccc6c5c4)c4ccccc34)cc1c1ccccc21. The van der Waals surface area contributed by atoms with Gasteiger partial charge in [-0.2, -0.15) is 0 Å². The van der Waals surface area contributed by atoms with Crippen LogP contribution in [0.3, 0.4) is 0 Å². The van der Waals surface area contributed by atoms with E-state index in [4.69, 9.17) is 4.42 Å². The summed E-state index contributed by atoms with van der Waals surface area (Å²) in [6.07, 6.45) is 0. The molecule has 1 heteroatoms. The van der Waals surface area contributed by atoms with E-state index in [2.05, 4.69) is 224 Å². The third kappa shape index (κ3) is 4.85. The smallest absolute Gasteiger partial charge is 0.143 e. The first-order chi connectivity index (χ1) is 31.0. The lowest BCUT2D eigenvalue weighted by molar-refractivity contribution is 0.0965. The largest absolute Gasteiger partial charge is 0.455 e. The summed E-state index contributed by atoms with van der Waals surface area (Å²) >= 11 is 0. The van der Waals surface area contributed by atoms with Gasteiger partial charge in [-0.3, -0.25) is 0 Å². The summed E-state index contributed by atoms with van der Waals surface area (Å²) in [5.74, 6) is 0. The molecule has 0 atom stereocenters. The van der Waals surface area contributed by atoms with E-state index in [1.54, 1.807) is 0 Å². The lowest BCUT2D eigenvalue weighted by Crippen LogP contribution is -2.50. The summed E-state index contributed by atoms with van der Waals surface area (Å²) in [5, 5.41) is 17.5. The van der Waals surface area contributed by atoms with E-state index in [9.17, 15) is 0 Å². The van der Waals surface area contributed by atoms with Crippen molar-refractivity contribution in [2.24, 2.45) is 10.8 Å². The third-order valence-electron chi connectivity index (χ3n) is 15.1. The molecule has 1 heterocycles. The van der Waals surface area contributed by atoms with Crippen LogP contribution in [0.4, 0.5) is 0 Å². The molecule has 0 aliphatic heterocycles. The van der Waals surface area contributed by atoms with Crippen LogP contribution in [0.15, 0.2) is 186 Å². The van der Waals surface area contributed by atoms with Crippen LogP contribution in [-0.2, 0) is 5.41 Å². The molecule has 306 valence electrons. The molecule has 12 aromatic rings. The number of furan rings is 1. The fourth-order valence-corrected chi connectivity index (χ4v) is 13.0. The molecule has 64 heavy (non-hydrogen) atoms. The zero-order valence-corrected chi connectivity index (χ0v) is 37.2. The van der Waals surface area contributed by atoms with Gasteiger partial charge >= 0.3 is 0 Å². The Bertz CT molecular complexity index is 3900. The summed E-state index contributed by atoms with van der Waals surface area (Å²) in [4.78, 5) is 0. The molecule has 1 aliphatic carbocycles. The maximum Gasteiger partial charge on any atom is 0.143 e. The second kappa shape index (κ2) is 12.9. The first-order valence-corrected chi connectivity index (χ1v) is 22.8. The molecule has 0 amide bonds. The second-order valence-corrected chi connectivity index (χ2v) is 20.4. The number of rotatable bonds is 2. The Kier molecular flexibility index (Phi) is 7.54. The van der Waals surface area contributed by atoms with E-state index < -0.39 is 0 Å². The minimum atomic E-state index is -0.284. The van der Waals surface area contributed by atoms with E-state index in [1.807, 2.05) is 0 Å². The molecule has 1 aromatic heterocycles. The van der Waals surface area contributed by atoms with Gasteiger partial charge in [0.1, 0.15) is 11.2 Å². The minimum Gasteiger partial charge on any atom is -0.455 e. The van der Waals surface area contributed by atoms with Gasteiger partial charge in [0.25, 0.3) is 0 Å². The van der Waals surface area contributed by atoms with Gasteiger partial charge in [-0.1, -0.05) is 187 Å². The maximum atomic E-state index is 6.59. The van der Waals surface area contributed by atoms with E-state index in [1.165, 1.54) is 104 Å². The van der Waals surface area contributed by atoms with Gasteiger partial charge < -0.3 is 4.42 Å². The Labute approximate surface area is 373 Å². The van der Waals surface area contributed by atoms with Gasteiger partial charge in [-0.25, -0.2) is 0 Å². The third-order valence-corrected chi connectivity index (χ3v) is 15.1. The Hall–Kier alpha value is -7.22. The molecule has 0 bridgehead atoms. The highest BCUT2D eigenvalue weighted by Crippen LogP contribution is 2.67. The zero-order chi connectivity index (χ0) is 43.3. The van der Waals surface area contributed by atoms with Crippen LogP contribution in [0.25, 0.3) is 120 Å². The first kappa shape index (κ1) is 37.3. The molecule has 0 radical (unpaired) electrons. The molecule has 1 aliphatic rings. The lowest BCUT2D eigenvalue weighted by Gasteiger charge is -2.53. The van der Waals surface area contributed by atoms with Crippen molar-refractivity contribution in [1.29, 1.82) is 0 Å². The van der Waals surface area contributed by atoms with Gasteiger partial charge in [0.2, 0.25) is 0 Å². The van der Waals surface area contributed by atoms with Crippen molar-refractivity contribution < 1.29 is 4.42 Å². The van der Waals surface area contributed by atoms with Crippen LogP contribution < -0.4 is 0 Å². The fourth-order valence-electron chi connectivity index (χ4n) is 13.0. The van der Waals surface area contributed by atoms with E-state index in [0.717, 1.165) is 27.3 Å². The highest BCUT2D eigenvalue weighted by atomic mass is 16.3. The fraction of sp³-hybridized carbons (Fsp3) is 0.143. The Balaban J connectivity index is 1.10. The van der Waals surface area contributed by atoms with E-state index in [0.29, 0.717) is 0 Å². The van der Waals surface area contributed by atoms with Crippen molar-refractivity contribution in [3.05, 3.63) is 193 Å². The van der Waals surface area contributed by atoms with Crippen molar-refractivity contribution >= 4 is 86.6 Å². The summed E-state index contributed by atoms with van der Waals surface area (Å²) in [5.41, 5.74) is 12.0. The summed E-state index contributed by atoms with van der Waals surface area (Å²) < 4.78 is 6.59. The molecule has 0 fully saturated rings. The van der Waals surface area contributed by atoms with E-state index >= 15 is 0 Å². The number of hydrogen-bond acceptors (Lipinski definition) is 1. The van der Waals surface area contributed by atoms with Gasteiger partial charge in [0.15, 0.2) is 0 Å². The van der Waals surface area contributed by atoms with E-state index in [-0.39, 0.29) is 16.2 Å². The van der Waals surface area contributed by atoms with Crippen molar-refractivity contribution in [3.63, 3.8) is 0 Å². The Morgan fingerprint density at radius 1 is 0.344 bits per heavy atom. The quantitative estimate of drug-likeness (QED) is 0.125. The normalized spacial score (nSPS) is 13.9. The molecular formula is C63H48O. The molecule has 0 saturated carbocycles. The van der Waals surface area contributed by atoms with Gasteiger partial charge in [0, 0.05) is 21.6 Å². The zero-order valence-electron chi connectivity index (χ0n) is 37.2. The molecule has 1 nitrogen and oxygen atoms in total. The molecule has 0 unspecified atom stereocenters. The van der Waals surface area contributed by atoms with Crippen molar-refractivity contribution in [3.8, 4) is 33.4 Å². The summed E-state index contributed by atoms with van der Waals surface area (Å²) in [6, 6.07) is 68.3.